The van der Waals surface area contributed by atoms with Crippen LogP contribution in [0.2, 0.25) is 0 Å². The average Bonchev–Trinajstić information content (AvgIpc) is 3.51. The van der Waals surface area contributed by atoms with Crippen molar-refractivity contribution in [3.05, 3.63) is 41.0 Å². The Kier molecular flexibility index (Phi) is 5.15. The summed E-state index contributed by atoms with van der Waals surface area (Å²) < 4.78 is 0. The third kappa shape index (κ3) is 3.78. The molecule has 2 aliphatic heterocycles. The molecule has 7 heteroatoms. The van der Waals surface area contributed by atoms with Gasteiger partial charge in [0.15, 0.2) is 0 Å². The Morgan fingerprint density at radius 3 is 2.62 bits per heavy atom. The highest BCUT2D eigenvalue weighted by Gasteiger charge is 2.52. The largest absolute Gasteiger partial charge is 0.337 e. The lowest BCUT2D eigenvalue weighted by Gasteiger charge is -2.39. The maximum absolute atomic E-state index is 13.2. The van der Waals surface area contributed by atoms with Crippen LogP contribution in [-0.4, -0.2) is 47.6 Å². The van der Waals surface area contributed by atoms with Crippen LogP contribution in [0.4, 0.5) is 0 Å². The number of rotatable bonds is 3. The molecule has 4 rings (SSSR count). The van der Waals surface area contributed by atoms with E-state index < -0.39 is 17.9 Å². The Labute approximate surface area is 170 Å². The zero-order chi connectivity index (χ0) is 20.6. The summed E-state index contributed by atoms with van der Waals surface area (Å²) in [6.45, 7) is 3.88. The van der Waals surface area contributed by atoms with Crippen LogP contribution in [-0.2, 0) is 9.59 Å². The molecule has 1 saturated carbocycles. The van der Waals surface area contributed by atoms with E-state index in [2.05, 4.69) is 11.4 Å². The zero-order valence-corrected chi connectivity index (χ0v) is 16.6. The quantitative estimate of drug-likeness (QED) is 0.536. The number of benzene rings is 1. The fraction of sp³-hybridized carbons (Fsp3) is 0.500. The molecule has 152 valence electrons. The molecular formula is C22H26N4O3. The van der Waals surface area contributed by atoms with Gasteiger partial charge in [0.25, 0.3) is 0 Å². The maximum atomic E-state index is 13.2. The summed E-state index contributed by atoms with van der Waals surface area (Å²) in [4.78, 5) is 27.3. The first-order valence-electron chi connectivity index (χ1n) is 10.1. The second kappa shape index (κ2) is 7.62. The maximum Gasteiger partial charge on any atom is 0.248 e. The molecule has 2 atom stereocenters. The van der Waals surface area contributed by atoms with Crippen molar-refractivity contribution in [2.24, 2.45) is 11.3 Å². The Hall–Kier alpha value is -2.69. The van der Waals surface area contributed by atoms with E-state index in [1.54, 1.807) is 5.48 Å². The fourth-order valence-corrected chi connectivity index (χ4v) is 4.71. The molecule has 0 bridgehead atoms. The molecule has 2 amide bonds. The standard InChI is InChI=1S/C22H26N4O3/c1-14-12-26(9-6-17(14)16-4-2-15(11-23)3-5-16)21(28)19-18(20(27)25-29)10-22(7-8-22)13-24-19/h2-5,18-19,24,29H,6-10,12-13H2,1H3,(H,25,27)/t18-,19-/m0/s1. The van der Waals surface area contributed by atoms with Gasteiger partial charge in [-0.15, -0.1) is 0 Å². The van der Waals surface area contributed by atoms with Crippen molar-refractivity contribution in [2.45, 2.75) is 38.6 Å². The van der Waals surface area contributed by atoms with Crippen LogP contribution in [0, 0.1) is 22.7 Å². The summed E-state index contributed by atoms with van der Waals surface area (Å²) in [6.07, 6.45) is 3.50. The molecule has 1 spiro atoms. The second-order valence-corrected chi connectivity index (χ2v) is 8.60. The molecule has 3 N–H and O–H groups in total. The van der Waals surface area contributed by atoms with Crippen LogP contribution < -0.4 is 10.8 Å². The number of hydroxylamine groups is 1. The van der Waals surface area contributed by atoms with Crippen molar-refractivity contribution < 1.29 is 14.8 Å². The summed E-state index contributed by atoms with van der Waals surface area (Å²) in [6, 6.07) is 9.06. The van der Waals surface area contributed by atoms with Gasteiger partial charge in [0.1, 0.15) is 0 Å². The lowest BCUT2D eigenvalue weighted by Crippen LogP contribution is -2.59. The van der Waals surface area contributed by atoms with Crippen LogP contribution in [0.15, 0.2) is 29.8 Å². The first-order chi connectivity index (χ1) is 14.0. The van der Waals surface area contributed by atoms with Crippen LogP contribution >= 0.6 is 0 Å². The van der Waals surface area contributed by atoms with Crippen molar-refractivity contribution in [1.29, 1.82) is 5.26 Å². The van der Waals surface area contributed by atoms with Gasteiger partial charge in [-0.25, -0.2) is 5.48 Å². The van der Waals surface area contributed by atoms with Gasteiger partial charge in [-0.3, -0.25) is 14.8 Å². The van der Waals surface area contributed by atoms with Gasteiger partial charge < -0.3 is 10.2 Å². The fourth-order valence-electron chi connectivity index (χ4n) is 4.71. The molecule has 3 aliphatic rings. The van der Waals surface area contributed by atoms with Crippen LogP contribution in [0.1, 0.15) is 43.7 Å². The van der Waals surface area contributed by atoms with Gasteiger partial charge in [0, 0.05) is 19.6 Å². The Morgan fingerprint density at radius 2 is 2.03 bits per heavy atom. The summed E-state index contributed by atoms with van der Waals surface area (Å²) in [7, 11) is 0. The number of amides is 2. The predicted molar refractivity (Wildman–Crippen MR) is 106 cm³/mol. The van der Waals surface area contributed by atoms with Crippen molar-refractivity contribution in [1.82, 2.24) is 15.7 Å². The molecular weight excluding hydrogens is 368 g/mol. The normalized spacial score (nSPS) is 25.5. The Bertz CT molecular complexity index is 896. The summed E-state index contributed by atoms with van der Waals surface area (Å²) >= 11 is 0. The van der Waals surface area contributed by atoms with Crippen LogP contribution in [0.3, 0.4) is 0 Å². The van der Waals surface area contributed by atoms with E-state index >= 15 is 0 Å². The molecule has 1 aliphatic carbocycles. The molecule has 0 unspecified atom stereocenters. The number of nitrogens with zero attached hydrogens (tertiary/aromatic N) is 2. The summed E-state index contributed by atoms with van der Waals surface area (Å²) in [5.74, 6) is -1.11. The second-order valence-electron chi connectivity index (χ2n) is 8.60. The number of carbonyl (C=O) groups is 2. The highest BCUT2D eigenvalue weighted by molar-refractivity contribution is 5.91. The minimum absolute atomic E-state index is 0.0765. The van der Waals surface area contributed by atoms with Gasteiger partial charge in [-0.2, -0.15) is 5.26 Å². The number of piperidine rings is 1. The number of carbonyl (C=O) groups excluding carboxylic acids is 2. The molecule has 29 heavy (non-hydrogen) atoms. The van der Waals surface area contributed by atoms with Gasteiger partial charge >= 0.3 is 0 Å². The van der Waals surface area contributed by atoms with E-state index in [0.29, 0.717) is 25.1 Å². The molecule has 1 aromatic carbocycles. The van der Waals surface area contributed by atoms with E-state index in [0.717, 1.165) is 36.9 Å². The van der Waals surface area contributed by atoms with Crippen molar-refractivity contribution in [3.8, 4) is 6.07 Å². The van der Waals surface area contributed by atoms with Gasteiger partial charge in [-0.1, -0.05) is 17.7 Å². The van der Waals surface area contributed by atoms with E-state index in [9.17, 15) is 9.59 Å². The monoisotopic (exact) mass is 394 g/mol. The first-order valence-corrected chi connectivity index (χ1v) is 10.1. The van der Waals surface area contributed by atoms with E-state index in [-0.39, 0.29) is 11.3 Å². The van der Waals surface area contributed by atoms with Crippen molar-refractivity contribution >= 4 is 17.4 Å². The topological polar surface area (TPSA) is 105 Å². The van der Waals surface area contributed by atoms with Crippen LogP contribution in [0.5, 0.6) is 0 Å². The smallest absolute Gasteiger partial charge is 0.248 e. The van der Waals surface area contributed by atoms with Gasteiger partial charge in [0.2, 0.25) is 11.8 Å². The molecule has 2 heterocycles. The highest BCUT2D eigenvalue weighted by Crippen LogP contribution is 2.52. The summed E-state index contributed by atoms with van der Waals surface area (Å²) in [5, 5.41) is 21.4. The molecule has 0 aromatic heterocycles. The lowest BCUT2D eigenvalue weighted by molar-refractivity contribution is -0.144. The third-order valence-corrected chi connectivity index (χ3v) is 6.67. The molecule has 1 aromatic rings. The zero-order valence-electron chi connectivity index (χ0n) is 16.6. The molecule has 7 nitrogen and oxygen atoms in total. The van der Waals surface area contributed by atoms with Gasteiger partial charge in [0.05, 0.1) is 23.6 Å². The first kappa shape index (κ1) is 19.6. The van der Waals surface area contributed by atoms with E-state index in [1.165, 1.54) is 5.57 Å². The minimum Gasteiger partial charge on any atom is -0.337 e. The molecule has 2 fully saturated rings. The number of nitriles is 1. The van der Waals surface area contributed by atoms with Crippen molar-refractivity contribution in [2.75, 3.05) is 19.6 Å². The molecule has 0 radical (unpaired) electrons. The lowest BCUT2D eigenvalue weighted by atomic mass is 9.81. The predicted octanol–water partition coefficient (Wildman–Crippen LogP) is 1.83. The van der Waals surface area contributed by atoms with Crippen molar-refractivity contribution in [3.63, 3.8) is 0 Å². The number of nitrogens with one attached hydrogen (secondary N) is 2. The van der Waals surface area contributed by atoms with E-state index in [1.807, 2.05) is 36.1 Å². The third-order valence-electron chi connectivity index (χ3n) is 6.67. The molecule has 1 saturated heterocycles. The summed E-state index contributed by atoms with van der Waals surface area (Å²) in [5.41, 5.74) is 5.91. The highest BCUT2D eigenvalue weighted by atomic mass is 16.5. The minimum atomic E-state index is -0.599. The number of hydrogen-bond acceptors (Lipinski definition) is 5. The van der Waals surface area contributed by atoms with Crippen LogP contribution in [0.25, 0.3) is 5.57 Å². The Balaban J connectivity index is 1.49. The number of hydrogen-bond donors (Lipinski definition) is 3. The van der Waals surface area contributed by atoms with Gasteiger partial charge in [-0.05, 0) is 61.3 Å². The Morgan fingerprint density at radius 1 is 1.31 bits per heavy atom. The SMILES string of the molecule is CC1=C(c2ccc(C#N)cc2)CCN(C(=O)[C@H]2NCC3(CC3)C[C@@H]2C(=O)NO)C1. The van der Waals surface area contributed by atoms with E-state index in [4.69, 9.17) is 10.5 Å². The average molecular weight is 394 g/mol.